The molecule has 23 heavy (non-hydrogen) atoms. The van der Waals surface area contributed by atoms with E-state index in [1.807, 2.05) is 0 Å². The second-order valence-corrected chi connectivity index (χ2v) is 4.94. The monoisotopic (exact) mass is 333 g/mol. The van der Waals surface area contributed by atoms with Gasteiger partial charge in [-0.05, 0) is 18.2 Å². The molecule has 1 aromatic rings. The summed E-state index contributed by atoms with van der Waals surface area (Å²) in [6.45, 7) is 0.956. The Morgan fingerprint density at radius 2 is 2.00 bits per heavy atom. The normalized spacial score (nSPS) is 17.6. The molecule has 0 radical (unpaired) electrons. The third-order valence-electron chi connectivity index (χ3n) is 3.28. The molecule has 0 saturated heterocycles. The van der Waals surface area contributed by atoms with E-state index in [-0.39, 0.29) is 12.1 Å². The SMILES string of the molecule is COCCCOc1cc(C2=NOC(C(F)(F)F)C2)ccc1OC. The van der Waals surface area contributed by atoms with Gasteiger partial charge < -0.3 is 19.0 Å². The zero-order valence-corrected chi connectivity index (χ0v) is 12.9. The molecule has 1 unspecified atom stereocenters. The van der Waals surface area contributed by atoms with Crippen molar-refractivity contribution in [3.8, 4) is 11.5 Å². The summed E-state index contributed by atoms with van der Waals surface area (Å²) < 4.78 is 53.6. The Kier molecular flexibility index (Phi) is 5.70. The molecule has 1 aliphatic heterocycles. The second-order valence-electron chi connectivity index (χ2n) is 4.94. The van der Waals surface area contributed by atoms with E-state index >= 15 is 0 Å². The van der Waals surface area contributed by atoms with E-state index in [4.69, 9.17) is 14.2 Å². The maximum Gasteiger partial charge on any atom is 0.428 e. The fourth-order valence-corrected chi connectivity index (χ4v) is 2.08. The number of hydrogen-bond donors (Lipinski definition) is 0. The van der Waals surface area contributed by atoms with Crippen LogP contribution in [0.4, 0.5) is 13.2 Å². The predicted molar refractivity (Wildman–Crippen MR) is 77.1 cm³/mol. The Morgan fingerprint density at radius 3 is 2.61 bits per heavy atom. The van der Waals surface area contributed by atoms with Crippen molar-refractivity contribution in [2.24, 2.45) is 5.16 Å². The molecule has 0 aromatic heterocycles. The Bertz CT molecular complexity index is 560. The molecule has 0 fully saturated rings. The highest BCUT2D eigenvalue weighted by molar-refractivity contribution is 6.01. The lowest BCUT2D eigenvalue weighted by Gasteiger charge is -2.13. The van der Waals surface area contributed by atoms with Crippen molar-refractivity contribution in [1.82, 2.24) is 0 Å². The van der Waals surface area contributed by atoms with Crippen LogP contribution in [0, 0.1) is 0 Å². The van der Waals surface area contributed by atoms with Crippen LogP contribution < -0.4 is 9.47 Å². The number of benzene rings is 1. The van der Waals surface area contributed by atoms with Crippen molar-refractivity contribution in [1.29, 1.82) is 0 Å². The van der Waals surface area contributed by atoms with Crippen LogP contribution in [0.5, 0.6) is 11.5 Å². The molecule has 1 heterocycles. The highest BCUT2D eigenvalue weighted by atomic mass is 19.4. The average molecular weight is 333 g/mol. The van der Waals surface area contributed by atoms with Crippen LogP contribution in [0.3, 0.4) is 0 Å². The molecule has 2 rings (SSSR count). The summed E-state index contributed by atoms with van der Waals surface area (Å²) in [5.74, 6) is 0.942. The summed E-state index contributed by atoms with van der Waals surface area (Å²) in [4.78, 5) is 4.47. The first kappa shape index (κ1) is 17.4. The second kappa shape index (κ2) is 7.54. The number of nitrogens with zero attached hydrogens (tertiary/aromatic N) is 1. The van der Waals surface area contributed by atoms with E-state index in [2.05, 4.69) is 9.99 Å². The Hall–Kier alpha value is -1.96. The van der Waals surface area contributed by atoms with Gasteiger partial charge in [0.15, 0.2) is 11.5 Å². The molecule has 5 nitrogen and oxygen atoms in total. The summed E-state index contributed by atoms with van der Waals surface area (Å²) in [5.41, 5.74) is 0.746. The maximum absolute atomic E-state index is 12.6. The van der Waals surface area contributed by atoms with Gasteiger partial charge in [-0.2, -0.15) is 13.2 Å². The van der Waals surface area contributed by atoms with Gasteiger partial charge in [0.2, 0.25) is 6.10 Å². The van der Waals surface area contributed by atoms with Gasteiger partial charge in [0, 0.05) is 32.1 Å². The lowest BCUT2D eigenvalue weighted by atomic mass is 10.0. The van der Waals surface area contributed by atoms with Gasteiger partial charge in [-0.3, -0.25) is 0 Å². The number of methoxy groups -OCH3 is 2. The predicted octanol–water partition coefficient (Wildman–Crippen LogP) is 3.17. The van der Waals surface area contributed by atoms with Crippen LogP contribution in [-0.4, -0.2) is 45.4 Å². The number of alkyl halides is 3. The van der Waals surface area contributed by atoms with E-state index in [1.165, 1.54) is 7.11 Å². The largest absolute Gasteiger partial charge is 0.493 e. The van der Waals surface area contributed by atoms with E-state index < -0.39 is 12.3 Å². The van der Waals surface area contributed by atoms with Crippen molar-refractivity contribution in [3.63, 3.8) is 0 Å². The van der Waals surface area contributed by atoms with Crippen LogP contribution in [0.1, 0.15) is 18.4 Å². The molecule has 0 aliphatic carbocycles. The molecule has 1 aromatic carbocycles. The average Bonchev–Trinajstić information content (AvgIpc) is 3.01. The Morgan fingerprint density at radius 1 is 1.22 bits per heavy atom. The number of rotatable bonds is 7. The summed E-state index contributed by atoms with van der Waals surface area (Å²) >= 11 is 0. The standard InChI is InChI=1S/C15H18F3NO4/c1-20-6-3-7-22-13-8-10(4-5-12(13)21-2)11-9-14(23-19-11)15(16,17)18/h4-5,8,14H,3,6-7,9H2,1-2H3. The summed E-state index contributed by atoms with van der Waals surface area (Å²) in [5, 5.41) is 3.54. The Labute approximate surface area is 132 Å². The lowest BCUT2D eigenvalue weighted by molar-refractivity contribution is -0.212. The van der Waals surface area contributed by atoms with E-state index in [1.54, 1.807) is 25.3 Å². The molecule has 1 aliphatic rings. The van der Waals surface area contributed by atoms with Crippen molar-refractivity contribution >= 4 is 5.71 Å². The quantitative estimate of drug-likeness (QED) is 0.719. The topological polar surface area (TPSA) is 49.3 Å². The third kappa shape index (κ3) is 4.51. The fraction of sp³-hybridized carbons (Fsp3) is 0.533. The molecule has 0 amide bonds. The molecular weight excluding hydrogens is 315 g/mol. The zero-order valence-electron chi connectivity index (χ0n) is 12.9. The van der Waals surface area contributed by atoms with E-state index in [9.17, 15) is 13.2 Å². The first-order valence-electron chi connectivity index (χ1n) is 7.05. The summed E-state index contributed by atoms with van der Waals surface area (Å²) in [6, 6.07) is 4.86. The highest BCUT2D eigenvalue weighted by Crippen LogP contribution is 2.33. The van der Waals surface area contributed by atoms with Crippen molar-refractivity contribution < 1.29 is 32.2 Å². The highest BCUT2D eigenvalue weighted by Gasteiger charge is 2.45. The summed E-state index contributed by atoms with van der Waals surface area (Å²) in [7, 11) is 3.09. The molecule has 0 N–H and O–H groups in total. The third-order valence-corrected chi connectivity index (χ3v) is 3.28. The van der Waals surface area contributed by atoms with Crippen LogP contribution in [0.25, 0.3) is 0 Å². The minimum atomic E-state index is -4.43. The van der Waals surface area contributed by atoms with Crippen LogP contribution >= 0.6 is 0 Å². The van der Waals surface area contributed by atoms with Gasteiger partial charge in [-0.25, -0.2) is 0 Å². The zero-order chi connectivity index (χ0) is 16.9. The molecule has 0 spiro atoms. The summed E-state index contributed by atoms with van der Waals surface area (Å²) in [6.07, 6.45) is -5.97. The van der Waals surface area contributed by atoms with Crippen molar-refractivity contribution in [2.45, 2.75) is 25.1 Å². The Balaban J connectivity index is 2.08. The van der Waals surface area contributed by atoms with Crippen LogP contribution in [0.15, 0.2) is 23.4 Å². The number of ether oxygens (including phenoxy) is 3. The minimum absolute atomic E-state index is 0.233. The number of oxime groups is 1. The number of hydrogen-bond acceptors (Lipinski definition) is 5. The van der Waals surface area contributed by atoms with E-state index in [0.29, 0.717) is 36.7 Å². The minimum Gasteiger partial charge on any atom is -0.493 e. The number of halogens is 3. The smallest absolute Gasteiger partial charge is 0.428 e. The molecule has 1 atom stereocenters. The van der Waals surface area contributed by atoms with Gasteiger partial charge in [0.25, 0.3) is 0 Å². The van der Waals surface area contributed by atoms with Crippen molar-refractivity contribution in [2.75, 3.05) is 27.4 Å². The van der Waals surface area contributed by atoms with Gasteiger partial charge in [-0.15, -0.1) is 0 Å². The maximum atomic E-state index is 12.6. The van der Waals surface area contributed by atoms with Gasteiger partial charge in [-0.1, -0.05) is 5.16 Å². The molecule has 8 heteroatoms. The lowest BCUT2D eigenvalue weighted by Crippen LogP contribution is -2.28. The fourth-order valence-electron chi connectivity index (χ4n) is 2.08. The first-order chi connectivity index (χ1) is 11.0. The molecule has 0 saturated carbocycles. The van der Waals surface area contributed by atoms with Gasteiger partial charge >= 0.3 is 6.18 Å². The van der Waals surface area contributed by atoms with Gasteiger partial charge in [0.05, 0.1) is 19.4 Å². The molecule has 128 valence electrons. The van der Waals surface area contributed by atoms with Crippen LogP contribution in [-0.2, 0) is 9.57 Å². The van der Waals surface area contributed by atoms with Gasteiger partial charge in [0.1, 0.15) is 0 Å². The van der Waals surface area contributed by atoms with E-state index in [0.717, 1.165) is 0 Å². The first-order valence-corrected chi connectivity index (χ1v) is 7.05. The van der Waals surface area contributed by atoms with Crippen molar-refractivity contribution in [3.05, 3.63) is 23.8 Å². The molecule has 0 bridgehead atoms. The van der Waals surface area contributed by atoms with Crippen LogP contribution in [0.2, 0.25) is 0 Å². The molecular formula is C15H18F3NO4.